The molecule has 0 aromatic heterocycles. The van der Waals surface area contributed by atoms with Gasteiger partial charge in [0.1, 0.15) is 11.6 Å². The molecule has 3 heterocycles. The third-order valence-corrected chi connectivity index (χ3v) is 5.28. The van der Waals surface area contributed by atoms with Crippen molar-refractivity contribution in [3.63, 3.8) is 0 Å². The highest BCUT2D eigenvalue weighted by Crippen LogP contribution is 2.47. The molecule has 1 N–H and O–H groups in total. The third-order valence-electron chi connectivity index (χ3n) is 5.28. The zero-order chi connectivity index (χ0) is 13.7. The second-order valence-corrected chi connectivity index (χ2v) is 6.63. The van der Waals surface area contributed by atoms with Crippen molar-refractivity contribution in [2.45, 2.75) is 37.3 Å². The average molecular weight is 278 g/mol. The van der Waals surface area contributed by atoms with E-state index in [0.717, 1.165) is 36.9 Å². The van der Waals surface area contributed by atoms with Gasteiger partial charge in [-0.2, -0.15) is 0 Å². The minimum atomic E-state index is -0.470. The summed E-state index contributed by atoms with van der Waals surface area (Å²) in [6.45, 7) is 3.51. The number of hydrogen-bond donors (Lipinski definition) is 1. The Morgan fingerprint density at radius 3 is 2.20 bits per heavy atom. The van der Waals surface area contributed by atoms with Crippen LogP contribution in [0.25, 0.3) is 0 Å². The molecule has 2 nitrogen and oxygen atoms in total. The van der Waals surface area contributed by atoms with Crippen LogP contribution < -0.4 is 5.32 Å². The first kappa shape index (κ1) is 12.7. The lowest BCUT2D eigenvalue weighted by atomic mass is 9.83. The zero-order valence-electron chi connectivity index (χ0n) is 11.5. The summed E-state index contributed by atoms with van der Waals surface area (Å²) in [5, 5.41) is 3.73. The summed E-state index contributed by atoms with van der Waals surface area (Å²) in [7, 11) is 0. The maximum atomic E-state index is 13.4. The molecule has 5 rings (SSSR count). The van der Waals surface area contributed by atoms with Crippen LogP contribution >= 0.6 is 0 Å². The SMILES string of the molecule is Fc1cc(F)cc(C2(NC3CN4CCC3CC4)CC2)c1. The topological polar surface area (TPSA) is 15.3 Å². The lowest BCUT2D eigenvalue weighted by Crippen LogP contribution is -2.58. The number of nitrogens with zero attached hydrogens (tertiary/aromatic N) is 1. The van der Waals surface area contributed by atoms with E-state index >= 15 is 0 Å². The second-order valence-electron chi connectivity index (χ2n) is 6.63. The van der Waals surface area contributed by atoms with E-state index in [9.17, 15) is 8.78 Å². The van der Waals surface area contributed by atoms with Crippen molar-refractivity contribution in [1.82, 2.24) is 10.2 Å². The fourth-order valence-electron chi connectivity index (χ4n) is 3.95. The predicted octanol–water partition coefficient (Wildman–Crippen LogP) is 2.64. The lowest BCUT2D eigenvalue weighted by Gasteiger charge is -2.46. The summed E-state index contributed by atoms with van der Waals surface area (Å²) in [4.78, 5) is 2.50. The van der Waals surface area contributed by atoms with Crippen LogP contribution in [0.5, 0.6) is 0 Å². The Morgan fingerprint density at radius 1 is 1.05 bits per heavy atom. The number of nitrogens with one attached hydrogen (secondary N) is 1. The molecule has 3 saturated heterocycles. The van der Waals surface area contributed by atoms with Gasteiger partial charge in [0.15, 0.2) is 0 Å². The van der Waals surface area contributed by atoms with Crippen LogP contribution in [-0.2, 0) is 5.54 Å². The first-order valence-corrected chi connectivity index (χ1v) is 7.61. The van der Waals surface area contributed by atoms with Gasteiger partial charge in [0.05, 0.1) is 0 Å². The Balaban J connectivity index is 1.55. The van der Waals surface area contributed by atoms with Crippen LogP contribution in [0.1, 0.15) is 31.2 Å². The van der Waals surface area contributed by atoms with E-state index in [4.69, 9.17) is 0 Å². The first-order valence-electron chi connectivity index (χ1n) is 7.61. The molecule has 4 fully saturated rings. The monoisotopic (exact) mass is 278 g/mol. The van der Waals surface area contributed by atoms with E-state index < -0.39 is 11.6 Å². The number of benzene rings is 1. The molecule has 1 atom stereocenters. The molecular formula is C16H20F2N2. The van der Waals surface area contributed by atoms with Gasteiger partial charge in [-0.1, -0.05) is 0 Å². The summed E-state index contributed by atoms with van der Waals surface area (Å²) < 4.78 is 26.9. The van der Waals surface area contributed by atoms with Gasteiger partial charge in [0.2, 0.25) is 0 Å². The molecule has 4 heteroatoms. The summed E-state index contributed by atoms with van der Waals surface area (Å²) in [6, 6.07) is 4.41. The molecule has 0 spiro atoms. The van der Waals surface area contributed by atoms with Gasteiger partial charge in [0, 0.05) is 24.2 Å². The van der Waals surface area contributed by atoms with Crippen molar-refractivity contribution in [3.8, 4) is 0 Å². The van der Waals surface area contributed by atoms with Crippen molar-refractivity contribution < 1.29 is 8.78 Å². The van der Waals surface area contributed by atoms with E-state index in [0.29, 0.717) is 6.04 Å². The summed E-state index contributed by atoms with van der Waals surface area (Å²) in [5.41, 5.74) is 0.609. The molecule has 108 valence electrons. The largest absolute Gasteiger partial charge is 0.303 e. The van der Waals surface area contributed by atoms with Gasteiger partial charge in [-0.15, -0.1) is 0 Å². The van der Waals surface area contributed by atoms with Crippen molar-refractivity contribution in [2.24, 2.45) is 5.92 Å². The molecule has 1 aromatic carbocycles. The zero-order valence-corrected chi connectivity index (χ0v) is 11.5. The Labute approximate surface area is 118 Å². The van der Waals surface area contributed by atoms with Gasteiger partial charge >= 0.3 is 0 Å². The van der Waals surface area contributed by atoms with Crippen molar-refractivity contribution in [1.29, 1.82) is 0 Å². The van der Waals surface area contributed by atoms with Crippen molar-refractivity contribution >= 4 is 0 Å². The third kappa shape index (κ3) is 2.15. The molecule has 1 aromatic rings. The first-order chi connectivity index (χ1) is 9.64. The molecular weight excluding hydrogens is 258 g/mol. The maximum Gasteiger partial charge on any atom is 0.126 e. The van der Waals surface area contributed by atoms with Gasteiger partial charge in [-0.05, 0) is 62.4 Å². The summed E-state index contributed by atoms with van der Waals surface area (Å²) >= 11 is 0. The van der Waals surface area contributed by atoms with E-state index in [1.807, 2.05) is 0 Å². The van der Waals surface area contributed by atoms with E-state index in [1.54, 1.807) is 0 Å². The van der Waals surface area contributed by atoms with Gasteiger partial charge in [-0.25, -0.2) is 8.78 Å². The Morgan fingerprint density at radius 2 is 1.70 bits per heavy atom. The van der Waals surface area contributed by atoms with E-state index in [1.165, 1.54) is 38.1 Å². The van der Waals surface area contributed by atoms with Crippen LogP contribution in [-0.4, -0.2) is 30.6 Å². The molecule has 1 aliphatic carbocycles. The highest BCUT2D eigenvalue weighted by Gasteiger charge is 2.48. The average Bonchev–Trinajstić information content (AvgIpc) is 3.20. The highest BCUT2D eigenvalue weighted by molar-refractivity contribution is 5.31. The molecule has 0 radical (unpaired) electrons. The lowest BCUT2D eigenvalue weighted by molar-refractivity contribution is 0.0647. The quantitative estimate of drug-likeness (QED) is 0.914. The minimum absolute atomic E-state index is 0.174. The van der Waals surface area contributed by atoms with E-state index in [2.05, 4.69) is 10.2 Å². The van der Waals surface area contributed by atoms with Crippen LogP contribution in [0.2, 0.25) is 0 Å². The van der Waals surface area contributed by atoms with Gasteiger partial charge in [-0.3, -0.25) is 0 Å². The van der Waals surface area contributed by atoms with Crippen LogP contribution in [0, 0.1) is 17.6 Å². The Kier molecular flexibility index (Phi) is 2.86. The number of piperidine rings is 3. The summed E-state index contributed by atoms with van der Waals surface area (Å²) in [5.74, 6) is -0.208. The fraction of sp³-hybridized carbons (Fsp3) is 0.625. The second kappa shape index (κ2) is 4.50. The maximum absolute atomic E-state index is 13.4. The number of halogens is 2. The Bertz CT molecular complexity index is 499. The van der Waals surface area contributed by atoms with Crippen molar-refractivity contribution in [3.05, 3.63) is 35.4 Å². The molecule has 1 unspecified atom stereocenters. The number of rotatable bonds is 3. The van der Waals surface area contributed by atoms with Gasteiger partial charge in [0.25, 0.3) is 0 Å². The van der Waals surface area contributed by atoms with Crippen molar-refractivity contribution in [2.75, 3.05) is 19.6 Å². The fourth-order valence-corrected chi connectivity index (χ4v) is 3.95. The highest BCUT2D eigenvalue weighted by atomic mass is 19.1. The Hall–Kier alpha value is -1.00. The normalized spacial score (nSPS) is 34.2. The number of fused-ring (bicyclic) bond motifs is 3. The molecule has 3 aliphatic heterocycles. The summed E-state index contributed by atoms with van der Waals surface area (Å²) in [6.07, 6.45) is 4.48. The molecule has 4 aliphatic rings. The molecule has 20 heavy (non-hydrogen) atoms. The van der Waals surface area contributed by atoms with Crippen LogP contribution in [0.15, 0.2) is 18.2 Å². The van der Waals surface area contributed by atoms with E-state index in [-0.39, 0.29) is 5.54 Å². The predicted molar refractivity (Wildman–Crippen MR) is 73.4 cm³/mol. The van der Waals surface area contributed by atoms with Crippen LogP contribution in [0.4, 0.5) is 8.78 Å². The smallest absolute Gasteiger partial charge is 0.126 e. The standard InChI is InChI=1S/C16H20F2N2/c17-13-7-12(8-14(18)9-13)16(3-4-16)19-15-10-20-5-1-11(15)2-6-20/h7-9,11,15,19H,1-6,10H2. The molecule has 2 bridgehead atoms. The molecule has 0 amide bonds. The number of hydrogen-bond acceptors (Lipinski definition) is 2. The van der Waals surface area contributed by atoms with Gasteiger partial charge < -0.3 is 10.2 Å². The van der Waals surface area contributed by atoms with Crippen LogP contribution in [0.3, 0.4) is 0 Å². The minimum Gasteiger partial charge on any atom is -0.303 e. The molecule has 1 saturated carbocycles.